The molecule has 1 fully saturated rings. The van der Waals surface area contributed by atoms with Gasteiger partial charge >= 0.3 is 0 Å². The monoisotopic (exact) mass is 429 g/mol. The third-order valence-corrected chi connectivity index (χ3v) is 7.32. The summed E-state index contributed by atoms with van der Waals surface area (Å²) >= 11 is 0. The molecule has 0 unspecified atom stereocenters. The highest BCUT2D eigenvalue weighted by Gasteiger charge is 2.49. The average molecular weight is 430 g/mol. The predicted molar refractivity (Wildman–Crippen MR) is 124 cm³/mol. The van der Waals surface area contributed by atoms with E-state index in [1.165, 1.54) is 0 Å². The highest BCUT2D eigenvalue weighted by atomic mass is 16.2. The molecule has 3 aliphatic rings. The van der Waals surface area contributed by atoms with Gasteiger partial charge in [0.15, 0.2) is 0 Å². The molecule has 164 valence electrons. The highest BCUT2D eigenvalue weighted by Crippen LogP contribution is 2.45. The van der Waals surface area contributed by atoms with E-state index in [1.807, 2.05) is 53.2 Å². The fraction of sp³-hybridized carbons (Fsp3) is 0.360. The average Bonchev–Trinajstić information content (AvgIpc) is 3.20. The number of H-pyrrole nitrogens is 1. The number of aromatic amines is 1. The van der Waals surface area contributed by atoms with Crippen LogP contribution < -0.4 is 4.90 Å². The number of carbonyl (C=O) groups is 2. The molecule has 1 N–H and O–H groups in total. The summed E-state index contributed by atoms with van der Waals surface area (Å²) in [7, 11) is 4.09. The lowest BCUT2D eigenvalue weighted by molar-refractivity contribution is -0.139. The van der Waals surface area contributed by atoms with Crippen molar-refractivity contribution < 1.29 is 9.59 Å². The first-order valence-corrected chi connectivity index (χ1v) is 11.3. The van der Waals surface area contributed by atoms with Crippen LogP contribution in [0.15, 0.2) is 48.5 Å². The second-order valence-corrected chi connectivity index (χ2v) is 9.13. The molecule has 0 radical (unpaired) electrons. The number of fused-ring (bicyclic) bond motifs is 6. The van der Waals surface area contributed by atoms with Crippen LogP contribution in [0.2, 0.25) is 0 Å². The van der Waals surface area contributed by atoms with Gasteiger partial charge in [-0.3, -0.25) is 9.59 Å². The zero-order valence-corrected chi connectivity index (χ0v) is 18.4. The number of nitrogens with zero attached hydrogens (tertiary/aromatic N) is 4. The van der Waals surface area contributed by atoms with Gasteiger partial charge in [-0.25, -0.2) is 0 Å². The Labute approximate surface area is 187 Å². The van der Waals surface area contributed by atoms with Gasteiger partial charge in [-0.15, -0.1) is 0 Å². The van der Waals surface area contributed by atoms with Crippen LogP contribution in [0.5, 0.6) is 0 Å². The Bertz CT molecular complexity index is 1230. The number of amides is 2. The molecule has 4 heterocycles. The number of hydrogen-bond acceptors (Lipinski definition) is 4. The van der Waals surface area contributed by atoms with Gasteiger partial charge in [-0.2, -0.15) is 0 Å². The number of para-hydroxylation sites is 2. The molecule has 2 atom stereocenters. The summed E-state index contributed by atoms with van der Waals surface area (Å²) in [6, 6.07) is 15.4. The van der Waals surface area contributed by atoms with Crippen LogP contribution in [-0.4, -0.2) is 77.8 Å². The number of benzene rings is 2. The normalized spacial score (nSPS) is 23.2. The van der Waals surface area contributed by atoms with Gasteiger partial charge < -0.3 is 24.6 Å². The lowest BCUT2D eigenvalue weighted by Gasteiger charge is -2.50. The van der Waals surface area contributed by atoms with Crippen LogP contribution in [0, 0.1) is 0 Å². The third kappa shape index (κ3) is 2.70. The largest absolute Gasteiger partial charge is 0.355 e. The lowest BCUT2D eigenvalue weighted by Crippen LogP contribution is -2.62. The summed E-state index contributed by atoms with van der Waals surface area (Å²) in [6.45, 7) is 3.12. The van der Waals surface area contributed by atoms with Crippen molar-refractivity contribution in [3.8, 4) is 0 Å². The van der Waals surface area contributed by atoms with E-state index in [4.69, 9.17) is 0 Å². The molecule has 3 aromatic rings. The Kier molecular flexibility index (Phi) is 4.30. The first-order valence-electron chi connectivity index (χ1n) is 11.3. The maximum absolute atomic E-state index is 13.8. The Morgan fingerprint density at radius 3 is 2.50 bits per heavy atom. The van der Waals surface area contributed by atoms with Gasteiger partial charge in [0.05, 0.1) is 16.9 Å². The van der Waals surface area contributed by atoms with Gasteiger partial charge in [0.2, 0.25) is 5.91 Å². The van der Waals surface area contributed by atoms with E-state index in [9.17, 15) is 9.59 Å². The number of hydrogen-bond donors (Lipinski definition) is 1. The van der Waals surface area contributed by atoms with Crippen molar-refractivity contribution in [1.29, 1.82) is 0 Å². The fourth-order valence-electron chi connectivity index (χ4n) is 5.57. The van der Waals surface area contributed by atoms with Gasteiger partial charge in [0, 0.05) is 50.6 Å². The molecule has 2 aromatic carbocycles. The summed E-state index contributed by atoms with van der Waals surface area (Å²) in [4.78, 5) is 39.3. The van der Waals surface area contributed by atoms with Crippen LogP contribution in [0.4, 0.5) is 5.69 Å². The molecule has 0 spiro atoms. The van der Waals surface area contributed by atoms with Gasteiger partial charge in [0.1, 0.15) is 12.2 Å². The third-order valence-electron chi connectivity index (χ3n) is 7.32. The molecule has 7 nitrogen and oxygen atoms in total. The Balaban J connectivity index is 1.50. The molecular formula is C25H27N5O2. The van der Waals surface area contributed by atoms with Crippen molar-refractivity contribution in [3.05, 3.63) is 65.4 Å². The second kappa shape index (κ2) is 7.10. The molecule has 32 heavy (non-hydrogen) atoms. The van der Waals surface area contributed by atoms with E-state index in [-0.39, 0.29) is 18.0 Å². The quantitative estimate of drug-likeness (QED) is 0.646. The molecule has 1 aromatic heterocycles. The van der Waals surface area contributed by atoms with Crippen LogP contribution in [-0.2, 0) is 11.2 Å². The first kappa shape index (κ1) is 19.4. The Hall–Kier alpha value is -3.32. The molecule has 6 rings (SSSR count). The predicted octanol–water partition coefficient (Wildman–Crippen LogP) is 2.46. The van der Waals surface area contributed by atoms with Crippen molar-refractivity contribution in [2.24, 2.45) is 0 Å². The molecule has 3 aliphatic heterocycles. The highest BCUT2D eigenvalue weighted by molar-refractivity contribution is 6.05. The zero-order valence-electron chi connectivity index (χ0n) is 18.4. The summed E-state index contributed by atoms with van der Waals surface area (Å²) in [6.07, 6.45) is 0.193. The summed E-state index contributed by atoms with van der Waals surface area (Å²) < 4.78 is 0. The van der Waals surface area contributed by atoms with Crippen LogP contribution in [0.3, 0.4) is 0 Å². The lowest BCUT2D eigenvalue weighted by atomic mass is 9.90. The SMILES string of the molecule is CN1CCN(C(=O)[C@H]2Cc3c([nH]c4ccccc34)[C@@H]3N(C)c4ccccc4C(=O)N23)CC1. The number of likely N-dealkylation sites (N-methyl/N-ethyl adjacent to an activating group) is 1. The van der Waals surface area contributed by atoms with E-state index >= 15 is 0 Å². The number of piperazine rings is 1. The van der Waals surface area contributed by atoms with Crippen molar-refractivity contribution in [2.45, 2.75) is 18.6 Å². The molecule has 7 heteroatoms. The van der Waals surface area contributed by atoms with E-state index in [0.717, 1.165) is 40.9 Å². The van der Waals surface area contributed by atoms with Crippen molar-refractivity contribution in [1.82, 2.24) is 19.7 Å². The minimum absolute atomic E-state index is 0.0557. The molecule has 1 saturated heterocycles. The van der Waals surface area contributed by atoms with Crippen molar-refractivity contribution >= 4 is 28.4 Å². The summed E-state index contributed by atoms with van der Waals surface area (Å²) in [5.74, 6) is -0.0133. The molecule has 0 saturated carbocycles. The summed E-state index contributed by atoms with van der Waals surface area (Å²) in [5.41, 5.74) is 4.76. The minimum atomic E-state index is -0.515. The zero-order chi connectivity index (χ0) is 22.0. The van der Waals surface area contributed by atoms with Crippen LogP contribution in [0.1, 0.15) is 27.8 Å². The molecule has 0 aliphatic carbocycles. The fourth-order valence-corrected chi connectivity index (χ4v) is 5.57. The number of rotatable bonds is 1. The van der Waals surface area contributed by atoms with E-state index in [0.29, 0.717) is 25.1 Å². The van der Waals surface area contributed by atoms with Gasteiger partial charge in [-0.05, 0) is 30.8 Å². The Morgan fingerprint density at radius 1 is 0.969 bits per heavy atom. The second-order valence-electron chi connectivity index (χ2n) is 9.13. The van der Waals surface area contributed by atoms with Gasteiger partial charge in [0.25, 0.3) is 5.91 Å². The van der Waals surface area contributed by atoms with E-state index in [2.05, 4.69) is 34.0 Å². The number of carbonyl (C=O) groups excluding carboxylic acids is 2. The maximum Gasteiger partial charge on any atom is 0.258 e. The number of aromatic nitrogens is 1. The van der Waals surface area contributed by atoms with Crippen molar-refractivity contribution in [2.75, 3.05) is 45.2 Å². The summed E-state index contributed by atoms with van der Waals surface area (Å²) in [5, 5.41) is 1.14. The number of nitrogens with one attached hydrogen (secondary N) is 1. The Morgan fingerprint density at radius 2 is 1.69 bits per heavy atom. The number of anilines is 1. The van der Waals surface area contributed by atoms with Crippen LogP contribution >= 0.6 is 0 Å². The van der Waals surface area contributed by atoms with E-state index in [1.54, 1.807) is 0 Å². The van der Waals surface area contributed by atoms with E-state index < -0.39 is 6.04 Å². The van der Waals surface area contributed by atoms with Crippen LogP contribution in [0.25, 0.3) is 10.9 Å². The maximum atomic E-state index is 13.8. The molecule has 0 bridgehead atoms. The first-order chi connectivity index (χ1) is 15.5. The molecule has 2 amide bonds. The molecular weight excluding hydrogens is 402 g/mol. The van der Waals surface area contributed by atoms with Crippen molar-refractivity contribution in [3.63, 3.8) is 0 Å². The topological polar surface area (TPSA) is 62.9 Å². The standard InChI is InChI=1S/C25H27N5O2/c1-27-11-13-29(14-12-27)25(32)21-15-18-16-7-3-5-9-19(16)26-22(18)23-28(2)20-10-6-4-8-17(20)24(31)30(21)23/h3-10,21,23,26H,11-15H2,1-2H3/t21-,23-/m1/s1. The van der Waals surface area contributed by atoms with Gasteiger partial charge in [-0.1, -0.05) is 30.3 Å². The minimum Gasteiger partial charge on any atom is -0.355 e. The smallest absolute Gasteiger partial charge is 0.258 e.